The van der Waals surface area contributed by atoms with Gasteiger partial charge in [0.2, 0.25) is 0 Å². The van der Waals surface area contributed by atoms with Gasteiger partial charge in [-0.2, -0.15) is 5.10 Å². The van der Waals surface area contributed by atoms with Crippen molar-refractivity contribution in [1.82, 2.24) is 14.7 Å². The summed E-state index contributed by atoms with van der Waals surface area (Å²) in [5, 5.41) is 14.5. The molecule has 1 aliphatic rings. The monoisotopic (exact) mass is 223 g/mol. The van der Waals surface area contributed by atoms with E-state index in [1.165, 1.54) is 13.0 Å². The fourth-order valence-electron chi connectivity index (χ4n) is 2.55. The summed E-state index contributed by atoms with van der Waals surface area (Å²) < 4.78 is 1.77. The summed E-state index contributed by atoms with van der Waals surface area (Å²) in [6, 6.07) is 1.91. The molecule has 0 unspecified atom stereocenters. The Labute approximate surface area is 96.9 Å². The zero-order chi connectivity index (χ0) is 11.5. The van der Waals surface area contributed by atoms with Crippen LogP contribution in [0.25, 0.3) is 0 Å². The molecule has 16 heavy (non-hydrogen) atoms. The highest BCUT2D eigenvalue weighted by atomic mass is 16.3. The van der Waals surface area contributed by atoms with Gasteiger partial charge in [-0.3, -0.25) is 4.68 Å². The number of aliphatic hydroxyl groups is 1. The lowest BCUT2D eigenvalue weighted by Gasteiger charge is -2.34. The maximum atomic E-state index is 10.3. The number of aromatic nitrogens is 2. The standard InChI is InChI=1S/C12H21N3O/c1-3-15-8-4-5-10(9-15)12(16)11-6-7-13-14(11)2/h6-7,10,12,16H,3-5,8-9H2,1-2H3/t10-,12+/m0/s1. The van der Waals surface area contributed by atoms with E-state index < -0.39 is 0 Å². The van der Waals surface area contributed by atoms with Crippen LogP contribution in [-0.2, 0) is 7.05 Å². The Hall–Kier alpha value is -0.870. The highest BCUT2D eigenvalue weighted by Gasteiger charge is 2.27. The van der Waals surface area contributed by atoms with Crippen LogP contribution < -0.4 is 0 Å². The van der Waals surface area contributed by atoms with Gasteiger partial charge >= 0.3 is 0 Å². The lowest BCUT2D eigenvalue weighted by atomic mass is 9.91. The minimum atomic E-state index is -0.373. The fourth-order valence-corrected chi connectivity index (χ4v) is 2.55. The van der Waals surface area contributed by atoms with Crippen LogP contribution >= 0.6 is 0 Å². The van der Waals surface area contributed by atoms with Crippen LogP contribution in [0.3, 0.4) is 0 Å². The lowest BCUT2D eigenvalue weighted by Crippen LogP contribution is -2.37. The minimum Gasteiger partial charge on any atom is -0.386 e. The number of likely N-dealkylation sites (tertiary alicyclic amines) is 1. The molecular weight excluding hydrogens is 202 g/mol. The summed E-state index contributed by atoms with van der Waals surface area (Å²) in [6.07, 6.45) is 3.68. The van der Waals surface area contributed by atoms with Gasteiger partial charge in [-0.1, -0.05) is 6.92 Å². The van der Waals surface area contributed by atoms with E-state index in [2.05, 4.69) is 16.9 Å². The van der Waals surface area contributed by atoms with E-state index in [0.29, 0.717) is 5.92 Å². The average molecular weight is 223 g/mol. The topological polar surface area (TPSA) is 41.3 Å². The molecular formula is C12H21N3O. The van der Waals surface area contributed by atoms with E-state index >= 15 is 0 Å². The Bertz CT molecular complexity index is 337. The third kappa shape index (κ3) is 2.28. The Morgan fingerprint density at radius 1 is 1.62 bits per heavy atom. The molecule has 0 aromatic carbocycles. The molecule has 1 aliphatic heterocycles. The summed E-state index contributed by atoms with van der Waals surface area (Å²) in [6.45, 7) is 5.43. The van der Waals surface area contributed by atoms with Gasteiger partial charge in [-0.25, -0.2) is 0 Å². The van der Waals surface area contributed by atoms with Crippen molar-refractivity contribution >= 4 is 0 Å². The summed E-state index contributed by atoms with van der Waals surface area (Å²) in [5.41, 5.74) is 0.933. The fraction of sp³-hybridized carbons (Fsp3) is 0.750. The SMILES string of the molecule is CCN1CCC[C@H]([C@@H](O)c2ccnn2C)C1. The Morgan fingerprint density at radius 2 is 2.44 bits per heavy atom. The first kappa shape index (κ1) is 11.6. The predicted octanol–water partition coefficient (Wildman–Crippen LogP) is 1.19. The van der Waals surface area contributed by atoms with E-state index in [1.54, 1.807) is 10.9 Å². The molecule has 0 radical (unpaired) electrons. The normalized spacial score (nSPS) is 24.6. The third-order valence-corrected chi connectivity index (χ3v) is 3.60. The first-order chi connectivity index (χ1) is 7.72. The van der Waals surface area contributed by atoms with E-state index in [0.717, 1.165) is 25.2 Å². The van der Waals surface area contributed by atoms with Crippen molar-refractivity contribution in [3.05, 3.63) is 18.0 Å². The molecule has 1 fully saturated rings. The number of hydrogen-bond acceptors (Lipinski definition) is 3. The van der Waals surface area contributed by atoms with Gasteiger partial charge in [0.05, 0.1) is 11.8 Å². The van der Waals surface area contributed by atoms with Gasteiger partial charge in [-0.05, 0) is 32.0 Å². The summed E-state index contributed by atoms with van der Waals surface area (Å²) in [7, 11) is 1.89. The van der Waals surface area contributed by atoms with Crippen LogP contribution in [-0.4, -0.2) is 39.4 Å². The van der Waals surface area contributed by atoms with Crippen LogP contribution in [0.4, 0.5) is 0 Å². The zero-order valence-electron chi connectivity index (χ0n) is 10.1. The maximum absolute atomic E-state index is 10.3. The van der Waals surface area contributed by atoms with Crippen LogP contribution in [0.15, 0.2) is 12.3 Å². The van der Waals surface area contributed by atoms with Crippen molar-refractivity contribution in [2.45, 2.75) is 25.9 Å². The minimum absolute atomic E-state index is 0.351. The van der Waals surface area contributed by atoms with Crippen molar-refractivity contribution in [2.75, 3.05) is 19.6 Å². The van der Waals surface area contributed by atoms with Gasteiger partial charge in [0.1, 0.15) is 0 Å². The summed E-state index contributed by atoms with van der Waals surface area (Å²) in [5.74, 6) is 0.351. The first-order valence-corrected chi connectivity index (χ1v) is 6.10. The third-order valence-electron chi connectivity index (χ3n) is 3.60. The van der Waals surface area contributed by atoms with Gasteiger partial charge < -0.3 is 10.0 Å². The average Bonchev–Trinajstić information content (AvgIpc) is 2.74. The van der Waals surface area contributed by atoms with Gasteiger partial charge in [0.25, 0.3) is 0 Å². The van der Waals surface area contributed by atoms with Crippen LogP contribution in [0, 0.1) is 5.92 Å². The van der Waals surface area contributed by atoms with E-state index in [-0.39, 0.29) is 6.10 Å². The second-order valence-electron chi connectivity index (χ2n) is 4.62. The van der Waals surface area contributed by atoms with E-state index in [9.17, 15) is 5.11 Å². The second-order valence-corrected chi connectivity index (χ2v) is 4.62. The molecule has 0 amide bonds. The van der Waals surface area contributed by atoms with E-state index in [1.807, 2.05) is 13.1 Å². The molecule has 2 atom stereocenters. The largest absolute Gasteiger partial charge is 0.386 e. The molecule has 2 rings (SSSR count). The molecule has 0 bridgehead atoms. The van der Waals surface area contributed by atoms with Crippen molar-refractivity contribution in [2.24, 2.45) is 13.0 Å². The number of rotatable bonds is 3. The molecule has 1 N–H and O–H groups in total. The van der Waals surface area contributed by atoms with Gasteiger partial charge in [0.15, 0.2) is 0 Å². The molecule has 0 aliphatic carbocycles. The quantitative estimate of drug-likeness (QED) is 0.836. The molecule has 4 nitrogen and oxygen atoms in total. The Balaban J connectivity index is 2.04. The van der Waals surface area contributed by atoms with Crippen molar-refractivity contribution in [3.63, 3.8) is 0 Å². The van der Waals surface area contributed by atoms with Crippen LogP contribution in [0.2, 0.25) is 0 Å². The Kier molecular flexibility index (Phi) is 3.61. The number of aryl methyl sites for hydroxylation is 1. The number of piperidine rings is 1. The zero-order valence-corrected chi connectivity index (χ0v) is 10.1. The summed E-state index contributed by atoms with van der Waals surface area (Å²) in [4.78, 5) is 2.41. The van der Waals surface area contributed by atoms with Gasteiger partial charge in [0, 0.05) is 25.7 Å². The molecule has 4 heteroatoms. The Morgan fingerprint density at radius 3 is 3.06 bits per heavy atom. The van der Waals surface area contributed by atoms with Crippen LogP contribution in [0.5, 0.6) is 0 Å². The summed E-state index contributed by atoms with van der Waals surface area (Å²) >= 11 is 0. The first-order valence-electron chi connectivity index (χ1n) is 6.10. The van der Waals surface area contributed by atoms with Crippen molar-refractivity contribution in [3.8, 4) is 0 Å². The molecule has 90 valence electrons. The van der Waals surface area contributed by atoms with Crippen molar-refractivity contribution in [1.29, 1.82) is 0 Å². The highest BCUT2D eigenvalue weighted by molar-refractivity contribution is 5.06. The smallest absolute Gasteiger partial charge is 0.0996 e. The number of aliphatic hydroxyl groups excluding tert-OH is 1. The molecule has 2 heterocycles. The lowest BCUT2D eigenvalue weighted by molar-refractivity contribution is 0.0471. The van der Waals surface area contributed by atoms with E-state index in [4.69, 9.17) is 0 Å². The highest BCUT2D eigenvalue weighted by Crippen LogP contribution is 2.29. The maximum Gasteiger partial charge on any atom is 0.0996 e. The molecule has 1 aromatic heterocycles. The molecule has 1 aromatic rings. The molecule has 1 saturated heterocycles. The number of nitrogens with zero attached hydrogens (tertiary/aromatic N) is 3. The van der Waals surface area contributed by atoms with Gasteiger partial charge in [-0.15, -0.1) is 0 Å². The van der Waals surface area contributed by atoms with Crippen molar-refractivity contribution < 1.29 is 5.11 Å². The predicted molar refractivity (Wildman–Crippen MR) is 63.0 cm³/mol. The number of hydrogen-bond donors (Lipinski definition) is 1. The second kappa shape index (κ2) is 4.97. The molecule has 0 saturated carbocycles. The molecule has 0 spiro atoms. The van der Waals surface area contributed by atoms with Crippen LogP contribution in [0.1, 0.15) is 31.6 Å².